The largest absolute Gasteiger partial charge is 0.467 e. The van der Waals surface area contributed by atoms with Crippen LogP contribution in [-0.2, 0) is 6.54 Å². The van der Waals surface area contributed by atoms with Crippen LogP contribution in [0.5, 0.6) is 12.0 Å². The fourth-order valence-corrected chi connectivity index (χ4v) is 1.52. The van der Waals surface area contributed by atoms with Crippen molar-refractivity contribution in [3.63, 3.8) is 0 Å². The lowest BCUT2D eigenvalue weighted by atomic mass is 10.2. The van der Waals surface area contributed by atoms with Crippen molar-refractivity contribution in [2.24, 2.45) is 5.73 Å². The van der Waals surface area contributed by atoms with E-state index in [0.29, 0.717) is 12.5 Å². The van der Waals surface area contributed by atoms with Gasteiger partial charge in [-0.15, -0.1) is 4.98 Å². The van der Waals surface area contributed by atoms with Crippen LogP contribution in [0, 0.1) is 0 Å². The third-order valence-corrected chi connectivity index (χ3v) is 2.44. The van der Waals surface area contributed by atoms with Crippen LogP contribution in [0.1, 0.15) is 5.56 Å². The van der Waals surface area contributed by atoms with Crippen molar-refractivity contribution in [1.29, 1.82) is 0 Å². The maximum Gasteiger partial charge on any atom is 0.324 e. The number of nitrogens with two attached hydrogens (primary N) is 1. The Bertz CT molecular complexity index is 539. The molecule has 7 nitrogen and oxygen atoms in total. The highest BCUT2D eigenvalue weighted by Gasteiger charge is 2.08. The Balaban J connectivity index is 2.32. The normalized spacial score (nSPS) is 10.1. The third kappa shape index (κ3) is 3.08. The molecule has 100 valence electrons. The van der Waals surface area contributed by atoms with Crippen molar-refractivity contribution in [3.8, 4) is 12.0 Å². The Labute approximate surface area is 110 Å². The van der Waals surface area contributed by atoms with Crippen LogP contribution in [0.15, 0.2) is 24.3 Å². The summed E-state index contributed by atoms with van der Waals surface area (Å²) in [5.41, 5.74) is 7.47. The second kappa shape index (κ2) is 5.96. The van der Waals surface area contributed by atoms with Crippen molar-refractivity contribution < 1.29 is 9.47 Å². The summed E-state index contributed by atoms with van der Waals surface area (Å²) in [6.45, 7) is 0.419. The van der Waals surface area contributed by atoms with E-state index in [0.717, 1.165) is 11.3 Å². The van der Waals surface area contributed by atoms with Gasteiger partial charge in [0.1, 0.15) is 0 Å². The smallest absolute Gasteiger partial charge is 0.324 e. The van der Waals surface area contributed by atoms with Gasteiger partial charge in [-0.05, 0) is 11.6 Å². The zero-order valence-electron chi connectivity index (χ0n) is 10.8. The number of anilines is 2. The first-order valence-electron chi connectivity index (χ1n) is 5.66. The van der Waals surface area contributed by atoms with Gasteiger partial charge in [-0.25, -0.2) is 0 Å². The Morgan fingerprint density at radius 2 is 1.68 bits per heavy atom. The van der Waals surface area contributed by atoms with Crippen LogP contribution in [0.4, 0.5) is 11.6 Å². The monoisotopic (exact) mass is 261 g/mol. The van der Waals surface area contributed by atoms with E-state index in [1.54, 1.807) is 0 Å². The van der Waals surface area contributed by atoms with Crippen LogP contribution in [0.3, 0.4) is 0 Å². The maximum absolute atomic E-state index is 5.67. The average Bonchev–Trinajstić information content (AvgIpc) is 2.47. The molecule has 1 aromatic heterocycles. The van der Waals surface area contributed by atoms with E-state index < -0.39 is 0 Å². The molecule has 0 unspecified atom stereocenters. The lowest BCUT2D eigenvalue weighted by Crippen LogP contribution is -2.06. The van der Waals surface area contributed by atoms with Crippen molar-refractivity contribution in [2.45, 2.75) is 6.54 Å². The molecular weight excluding hydrogens is 246 g/mol. The number of methoxy groups -OCH3 is 2. The Morgan fingerprint density at radius 1 is 1.05 bits per heavy atom. The summed E-state index contributed by atoms with van der Waals surface area (Å²) < 4.78 is 9.97. The summed E-state index contributed by atoms with van der Waals surface area (Å²) in [4.78, 5) is 12.1. The zero-order valence-corrected chi connectivity index (χ0v) is 10.8. The Morgan fingerprint density at radius 3 is 2.26 bits per heavy atom. The van der Waals surface area contributed by atoms with Crippen molar-refractivity contribution in [2.75, 3.05) is 19.5 Å². The number of hydrogen-bond donors (Lipinski definition) is 2. The van der Waals surface area contributed by atoms with Crippen molar-refractivity contribution in [3.05, 3.63) is 29.8 Å². The van der Waals surface area contributed by atoms with Gasteiger partial charge in [0.05, 0.1) is 14.2 Å². The highest BCUT2D eigenvalue weighted by Crippen LogP contribution is 2.20. The molecule has 0 saturated carbocycles. The number of benzene rings is 1. The molecule has 1 heterocycles. The number of para-hydroxylation sites is 1. The Kier molecular flexibility index (Phi) is 4.09. The molecule has 0 amide bonds. The SMILES string of the molecule is COc1nc(Nc2ccccc2CN)nc(OC)n1. The van der Waals surface area contributed by atoms with Gasteiger partial charge in [0.2, 0.25) is 5.95 Å². The van der Waals surface area contributed by atoms with Gasteiger partial charge in [-0.1, -0.05) is 18.2 Å². The molecule has 2 aromatic rings. The second-order valence-electron chi connectivity index (χ2n) is 3.62. The minimum absolute atomic E-state index is 0.180. The molecule has 7 heteroatoms. The predicted octanol–water partition coefficient (Wildman–Crippen LogP) is 1.09. The standard InChI is InChI=1S/C12H15N5O2/c1-18-11-15-10(16-12(17-11)19-2)14-9-6-4-3-5-8(9)7-13/h3-6H,7,13H2,1-2H3,(H,14,15,16,17). The molecule has 0 aliphatic carbocycles. The van der Waals surface area contributed by atoms with E-state index in [2.05, 4.69) is 20.3 Å². The topological polar surface area (TPSA) is 95.2 Å². The molecular formula is C12H15N5O2. The number of hydrogen-bond acceptors (Lipinski definition) is 7. The number of ether oxygens (including phenoxy) is 2. The van der Waals surface area contributed by atoms with E-state index in [1.165, 1.54) is 14.2 Å². The molecule has 0 radical (unpaired) electrons. The van der Waals surface area contributed by atoms with E-state index >= 15 is 0 Å². The first kappa shape index (κ1) is 13.0. The maximum atomic E-state index is 5.67. The van der Waals surface area contributed by atoms with Gasteiger partial charge in [-0.2, -0.15) is 9.97 Å². The molecule has 0 spiro atoms. The zero-order chi connectivity index (χ0) is 13.7. The van der Waals surface area contributed by atoms with Gasteiger partial charge in [0.15, 0.2) is 0 Å². The molecule has 0 atom stereocenters. The summed E-state index contributed by atoms with van der Waals surface area (Å²) >= 11 is 0. The highest BCUT2D eigenvalue weighted by molar-refractivity contribution is 5.58. The Hall–Kier alpha value is -2.41. The lowest BCUT2D eigenvalue weighted by molar-refractivity contribution is 0.341. The van der Waals surface area contributed by atoms with Gasteiger partial charge < -0.3 is 20.5 Å². The lowest BCUT2D eigenvalue weighted by Gasteiger charge is -2.10. The molecule has 2 rings (SSSR count). The number of aromatic nitrogens is 3. The van der Waals surface area contributed by atoms with Gasteiger partial charge in [0, 0.05) is 12.2 Å². The van der Waals surface area contributed by atoms with Crippen molar-refractivity contribution >= 4 is 11.6 Å². The van der Waals surface area contributed by atoms with E-state index in [-0.39, 0.29) is 12.0 Å². The summed E-state index contributed by atoms with van der Waals surface area (Å²) in [6, 6.07) is 8.00. The van der Waals surface area contributed by atoms with Crippen LogP contribution in [-0.4, -0.2) is 29.2 Å². The molecule has 3 N–H and O–H groups in total. The minimum atomic E-state index is 0.180. The van der Waals surface area contributed by atoms with Gasteiger partial charge in [-0.3, -0.25) is 0 Å². The van der Waals surface area contributed by atoms with Gasteiger partial charge >= 0.3 is 12.0 Å². The fourth-order valence-electron chi connectivity index (χ4n) is 1.52. The van der Waals surface area contributed by atoms with Crippen LogP contribution >= 0.6 is 0 Å². The first-order chi connectivity index (χ1) is 9.26. The quantitative estimate of drug-likeness (QED) is 0.831. The summed E-state index contributed by atoms with van der Waals surface area (Å²) in [7, 11) is 2.96. The molecule has 1 aromatic carbocycles. The molecule has 19 heavy (non-hydrogen) atoms. The summed E-state index contributed by atoms with van der Waals surface area (Å²) in [5, 5.41) is 3.07. The molecule has 0 fully saturated rings. The number of rotatable bonds is 5. The van der Waals surface area contributed by atoms with Gasteiger partial charge in [0.25, 0.3) is 0 Å². The summed E-state index contributed by atoms with van der Waals surface area (Å²) in [5.74, 6) is 0.338. The second-order valence-corrected chi connectivity index (χ2v) is 3.62. The van der Waals surface area contributed by atoms with E-state index in [1.807, 2.05) is 24.3 Å². The third-order valence-electron chi connectivity index (χ3n) is 2.44. The van der Waals surface area contributed by atoms with Crippen LogP contribution in [0.2, 0.25) is 0 Å². The average molecular weight is 261 g/mol. The highest BCUT2D eigenvalue weighted by atomic mass is 16.5. The number of nitrogens with one attached hydrogen (secondary N) is 1. The first-order valence-corrected chi connectivity index (χ1v) is 5.66. The van der Waals surface area contributed by atoms with Crippen LogP contribution in [0.25, 0.3) is 0 Å². The number of nitrogens with zero attached hydrogens (tertiary/aromatic N) is 3. The predicted molar refractivity (Wildman–Crippen MR) is 70.5 cm³/mol. The fraction of sp³-hybridized carbons (Fsp3) is 0.250. The molecule has 0 bridgehead atoms. The van der Waals surface area contributed by atoms with E-state index in [4.69, 9.17) is 15.2 Å². The summed E-state index contributed by atoms with van der Waals surface area (Å²) in [6.07, 6.45) is 0. The minimum Gasteiger partial charge on any atom is -0.467 e. The molecule has 0 saturated heterocycles. The van der Waals surface area contributed by atoms with E-state index in [9.17, 15) is 0 Å². The van der Waals surface area contributed by atoms with Crippen LogP contribution < -0.4 is 20.5 Å². The molecule has 0 aliphatic rings. The molecule has 0 aliphatic heterocycles. The van der Waals surface area contributed by atoms with Crippen molar-refractivity contribution in [1.82, 2.24) is 15.0 Å².